The van der Waals surface area contributed by atoms with E-state index < -0.39 is 0 Å². The lowest BCUT2D eigenvalue weighted by molar-refractivity contribution is -0.124. The smallest absolute Gasteiger partial charge is 0.231 e. The third kappa shape index (κ3) is 4.02. The van der Waals surface area contributed by atoms with Crippen molar-refractivity contribution in [2.75, 3.05) is 13.1 Å². The molecule has 1 N–H and O–H groups in total. The molecule has 1 aliphatic rings. The van der Waals surface area contributed by atoms with Crippen LogP contribution in [-0.2, 0) is 4.79 Å². The van der Waals surface area contributed by atoms with Crippen LogP contribution in [-0.4, -0.2) is 24.0 Å². The van der Waals surface area contributed by atoms with E-state index in [1.54, 1.807) is 6.92 Å². The summed E-state index contributed by atoms with van der Waals surface area (Å²) >= 11 is 0. The van der Waals surface area contributed by atoms with E-state index in [0.717, 1.165) is 25.9 Å². The highest BCUT2D eigenvalue weighted by molar-refractivity contribution is 5.85. The van der Waals surface area contributed by atoms with Crippen molar-refractivity contribution < 1.29 is 4.79 Å². The van der Waals surface area contributed by atoms with Crippen molar-refractivity contribution >= 4 is 18.3 Å². The molecule has 17 heavy (non-hydrogen) atoms. The predicted octanol–water partition coefficient (Wildman–Crippen LogP) is 2.34. The molecular weight excluding hydrogens is 236 g/mol. The average Bonchev–Trinajstić information content (AvgIpc) is 2.30. The molecule has 1 aromatic carbocycles. The van der Waals surface area contributed by atoms with Crippen molar-refractivity contribution in [1.82, 2.24) is 10.4 Å². The zero-order valence-electron chi connectivity index (χ0n) is 10.1. The van der Waals surface area contributed by atoms with Gasteiger partial charge in [-0.25, -0.2) is 5.01 Å². The lowest BCUT2D eigenvalue weighted by Crippen LogP contribution is -2.45. The van der Waals surface area contributed by atoms with Crippen molar-refractivity contribution in [2.24, 2.45) is 0 Å². The minimum absolute atomic E-state index is 0. The van der Waals surface area contributed by atoms with Crippen LogP contribution in [0.2, 0.25) is 0 Å². The number of carbonyl (C=O) groups excluding carboxylic acids is 1. The topological polar surface area (TPSA) is 32.3 Å². The summed E-state index contributed by atoms with van der Waals surface area (Å²) in [7, 11) is 0. The summed E-state index contributed by atoms with van der Waals surface area (Å²) < 4.78 is 0. The van der Waals surface area contributed by atoms with Gasteiger partial charge < -0.3 is 0 Å². The van der Waals surface area contributed by atoms with Crippen LogP contribution in [0.4, 0.5) is 0 Å². The summed E-state index contributed by atoms with van der Waals surface area (Å²) in [6.07, 6.45) is 2.23. The summed E-state index contributed by atoms with van der Waals surface area (Å²) in [5.74, 6) is 0.671. The van der Waals surface area contributed by atoms with Crippen molar-refractivity contribution in [1.29, 1.82) is 0 Å². The molecule has 0 aromatic heterocycles. The monoisotopic (exact) mass is 254 g/mol. The first kappa shape index (κ1) is 14.0. The summed E-state index contributed by atoms with van der Waals surface area (Å²) in [6, 6.07) is 10.6. The number of benzene rings is 1. The number of nitrogens with one attached hydrogen (secondary N) is 1. The maximum Gasteiger partial charge on any atom is 0.231 e. The number of piperidine rings is 1. The first-order valence-electron chi connectivity index (χ1n) is 5.83. The molecule has 3 nitrogen and oxygen atoms in total. The number of nitrogens with zero attached hydrogens (tertiary/aromatic N) is 1. The summed E-state index contributed by atoms with van der Waals surface area (Å²) in [6.45, 7) is 3.45. The van der Waals surface area contributed by atoms with Gasteiger partial charge in [-0.3, -0.25) is 10.2 Å². The number of rotatable bonds is 2. The van der Waals surface area contributed by atoms with E-state index in [2.05, 4.69) is 35.8 Å². The van der Waals surface area contributed by atoms with Gasteiger partial charge in [0.15, 0.2) is 0 Å². The van der Waals surface area contributed by atoms with Crippen molar-refractivity contribution in [3.63, 3.8) is 0 Å². The molecule has 0 aliphatic carbocycles. The maximum atomic E-state index is 10.9. The molecule has 1 saturated heterocycles. The van der Waals surface area contributed by atoms with Crippen LogP contribution < -0.4 is 5.43 Å². The maximum absolute atomic E-state index is 10.9. The predicted molar refractivity (Wildman–Crippen MR) is 71.1 cm³/mol. The molecule has 4 heteroatoms. The van der Waals surface area contributed by atoms with Gasteiger partial charge in [-0.15, -0.1) is 12.4 Å². The van der Waals surface area contributed by atoms with Crippen LogP contribution in [0.1, 0.15) is 31.2 Å². The molecule has 1 heterocycles. The average molecular weight is 255 g/mol. The number of halogens is 1. The zero-order valence-corrected chi connectivity index (χ0v) is 10.9. The van der Waals surface area contributed by atoms with Crippen molar-refractivity contribution in [3.8, 4) is 0 Å². The van der Waals surface area contributed by atoms with E-state index in [1.165, 1.54) is 5.56 Å². The summed E-state index contributed by atoms with van der Waals surface area (Å²) in [4.78, 5) is 10.9. The Balaban J connectivity index is 0.00000144. The van der Waals surface area contributed by atoms with Gasteiger partial charge in [0, 0.05) is 20.0 Å². The standard InChI is InChI=1S/C13H18N2O.ClH/c1-11(16)14-15-9-7-13(8-10-15)12-5-3-2-4-6-12;/h2-6,13H,7-10H2,1H3,(H,14,16);1H. The molecule has 0 atom stereocenters. The van der Waals surface area contributed by atoms with Crippen LogP contribution in [0, 0.1) is 0 Å². The Morgan fingerprint density at radius 1 is 1.24 bits per heavy atom. The van der Waals surface area contributed by atoms with Gasteiger partial charge in [-0.1, -0.05) is 30.3 Å². The molecule has 1 fully saturated rings. The Hall–Kier alpha value is -1.06. The second kappa shape index (κ2) is 6.62. The fourth-order valence-electron chi connectivity index (χ4n) is 2.27. The van der Waals surface area contributed by atoms with E-state index in [0.29, 0.717) is 5.92 Å². The molecule has 94 valence electrons. The van der Waals surface area contributed by atoms with Gasteiger partial charge in [0.2, 0.25) is 5.91 Å². The van der Waals surface area contributed by atoms with E-state index in [4.69, 9.17) is 0 Å². The molecule has 1 amide bonds. The van der Waals surface area contributed by atoms with Gasteiger partial charge in [0.25, 0.3) is 0 Å². The number of amides is 1. The Morgan fingerprint density at radius 3 is 2.35 bits per heavy atom. The Bertz CT molecular complexity index is 348. The molecule has 1 aliphatic heterocycles. The highest BCUT2D eigenvalue weighted by Crippen LogP contribution is 2.26. The highest BCUT2D eigenvalue weighted by Gasteiger charge is 2.20. The zero-order chi connectivity index (χ0) is 11.4. The highest BCUT2D eigenvalue weighted by atomic mass is 35.5. The Kier molecular flexibility index (Phi) is 5.45. The lowest BCUT2D eigenvalue weighted by atomic mass is 9.90. The fraction of sp³-hybridized carbons (Fsp3) is 0.462. The lowest BCUT2D eigenvalue weighted by Gasteiger charge is -2.31. The second-order valence-corrected chi connectivity index (χ2v) is 4.34. The summed E-state index contributed by atoms with van der Waals surface area (Å²) in [5.41, 5.74) is 4.27. The first-order valence-corrected chi connectivity index (χ1v) is 5.83. The van der Waals surface area contributed by atoms with Gasteiger partial charge in [0.05, 0.1) is 0 Å². The van der Waals surface area contributed by atoms with Crippen LogP contribution in [0.25, 0.3) is 0 Å². The number of hydrogen-bond acceptors (Lipinski definition) is 2. The van der Waals surface area contributed by atoms with Crippen molar-refractivity contribution in [3.05, 3.63) is 35.9 Å². The molecule has 2 rings (SSSR count). The third-order valence-corrected chi connectivity index (χ3v) is 3.08. The summed E-state index contributed by atoms with van der Waals surface area (Å²) in [5, 5.41) is 2.02. The molecule has 0 radical (unpaired) electrons. The molecule has 0 bridgehead atoms. The largest absolute Gasteiger partial charge is 0.289 e. The molecule has 1 aromatic rings. The Morgan fingerprint density at radius 2 is 1.82 bits per heavy atom. The normalized spacial score (nSPS) is 17.2. The van der Waals surface area contributed by atoms with E-state index >= 15 is 0 Å². The van der Waals surface area contributed by atoms with Crippen LogP contribution in [0.3, 0.4) is 0 Å². The fourth-order valence-corrected chi connectivity index (χ4v) is 2.27. The van der Waals surface area contributed by atoms with Crippen LogP contribution in [0.15, 0.2) is 30.3 Å². The molecule has 0 unspecified atom stereocenters. The van der Waals surface area contributed by atoms with E-state index in [9.17, 15) is 4.79 Å². The minimum Gasteiger partial charge on any atom is -0.289 e. The minimum atomic E-state index is 0. The van der Waals surface area contributed by atoms with Gasteiger partial charge in [-0.05, 0) is 24.3 Å². The third-order valence-electron chi connectivity index (χ3n) is 3.08. The van der Waals surface area contributed by atoms with Crippen LogP contribution >= 0.6 is 12.4 Å². The van der Waals surface area contributed by atoms with E-state index in [1.807, 2.05) is 5.01 Å². The van der Waals surface area contributed by atoms with Gasteiger partial charge in [-0.2, -0.15) is 0 Å². The first-order chi connectivity index (χ1) is 7.75. The Labute approximate surface area is 109 Å². The SMILES string of the molecule is CC(=O)NN1CCC(c2ccccc2)CC1.Cl. The quantitative estimate of drug-likeness (QED) is 0.879. The molecule has 0 saturated carbocycles. The molecule has 0 spiro atoms. The second-order valence-electron chi connectivity index (χ2n) is 4.34. The van der Waals surface area contributed by atoms with Gasteiger partial charge >= 0.3 is 0 Å². The number of hydrazine groups is 1. The van der Waals surface area contributed by atoms with E-state index in [-0.39, 0.29) is 18.3 Å². The van der Waals surface area contributed by atoms with Crippen LogP contribution in [0.5, 0.6) is 0 Å². The van der Waals surface area contributed by atoms with Crippen molar-refractivity contribution in [2.45, 2.75) is 25.7 Å². The van der Waals surface area contributed by atoms with Gasteiger partial charge in [0.1, 0.15) is 0 Å². The number of carbonyl (C=O) groups is 1. The number of hydrogen-bond donors (Lipinski definition) is 1. The molecular formula is C13H19ClN2O.